The third kappa shape index (κ3) is 3.24. The van der Waals surface area contributed by atoms with E-state index in [4.69, 9.17) is 23.2 Å². The highest BCUT2D eigenvalue weighted by molar-refractivity contribution is 9.11. The van der Waals surface area contributed by atoms with E-state index in [0.717, 1.165) is 8.66 Å². The molecule has 1 aromatic carbocycles. The second-order valence-electron chi connectivity index (χ2n) is 3.56. The van der Waals surface area contributed by atoms with Gasteiger partial charge >= 0.3 is 0 Å². The van der Waals surface area contributed by atoms with E-state index in [0.29, 0.717) is 22.0 Å². The summed E-state index contributed by atoms with van der Waals surface area (Å²) in [6, 6.07) is 9.17. The number of aliphatic hydroxyl groups excluding tert-OH is 1. The van der Waals surface area contributed by atoms with Crippen LogP contribution in [0.5, 0.6) is 0 Å². The first-order valence-corrected chi connectivity index (χ1v) is 7.30. The molecule has 0 radical (unpaired) electrons. The molecule has 1 aromatic heterocycles. The normalized spacial score (nSPS) is 12.7. The second kappa shape index (κ2) is 5.72. The molecule has 1 unspecified atom stereocenters. The maximum absolute atomic E-state index is 10.2. The fraction of sp³-hybridized carbons (Fsp3) is 0.167. The molecule has 0 aliphatic rings. The van der Waals surface area contributed by atoms with Gasteiger partial charge in [0.1, 0.15) is 0 Å². The van der Waals surface area contributed by atoms with E-state index in [-0.39, 0.29) is 0 Å². The largest absolute Gasteiger partial charge is 0.388 e. The Bertz CT molecular complexity index is 507. The van der Waals surface area contributed by atoms with Gasteiger partial charge in [0.2, 0.25) is 0 Å². The summed E-state index contributed by atoms with van der Waals surface area (Å²) in [4.78, 5) is 1.08. The quantitative estimate of drug-likeness (QED) is 0.816. The molecule has 0 amide bonds. The van der Waals surface area contributed by atoms with Gasteiger partial charge < -0.3 is 5.11 Å². The number of hydrogen-bond acceptors (Lipinski definition) is 2. The Hall–Kier alpha value is -0.0600. The summed E-state index contributed by atoms with van der Waals surface area (Å²) < 4.78 is 1.05. The predicted octanol–water partition coefficient (Wildman–Crippen LogP) is 5.09. The van der Waals surface area contributed by atoms with Gasteiger partial charge in [-0.1, -0.05) is 29.3 Å². The molecule has 5 heteroatoms. The third-order valence-electron chi connectivity index (χ3n) is 2.36. The van der Waals surface area contributed by atoms with Gasteiger partial charge in [-0.3, -0.25) is 0 Å². The van der Waals surface area contributed by atoms with E-state index in [2.05, 4.69) is 15.9 Å². The van der Waals surface area contributed by atoms with Crippen LogP contribution in [-0.2, 0) is 6.42 Å². The monoisotopic (exact) mass is 350 g/mol. The van der Waals surface area contributed by atoms with Crippen LogP contribution >= 0.6 is 50.5 Å². The van der Waals surface area contributed by atoms with Crippen LogP contribution in [0.1, 0.15) is 16.5 Å². The Balaban J connectivity index is 2.22. The van der Waals surface area contributed by atoms with Crippen molar-refractivity contribution in [3.8, 4) is 0 Å². The Morgan fingerprint density at radius 1 is 1.18 bits per heavy atom. The van der Waals surface area contributed by atoms with Crippen molar-refractivity contribution < 1.29 is 5.11 Å². The standard InChI is InChI=1S/C12H9BrCl2OS/c13-11-5-4-7(17-11)6-10(16)12-8(14)2-1-3-9(12)15/h1-5,10,16H,6H2. The van der Waals surface area contributed by atoms with Crippen LogP contribution in [0.4, 0.5) is 0 Å². The average Bonchev–Trinajstić information content (AvgIpc) is 2.63. The highest BCUT2D eigenvalue weighted by atomic mass is 79.9. The van der Waals surface area contributed by atoms with Crippen molar-refractivity contribution in [3.63, 3.8) is 0 Å². The molecular formula is C12H9BrCl2OS. The minimum atomic E-state index is -0.679. The van der Waals surface area contributed by atoms with Crippen molar-refractivity contribution in [2.75, 3.05) is 0 Å². The molecule has 0 spiro atoms. The van der Waals surface area contributed by atoms with E-state index in [9.17, 15) is 5.11 Å². The van der Waals surface area contributed by atoms with Crippen LogP contribution in [0.3, 0.4) is 0 Å². The smallest absolute Gasteiger partial charge is 0.0867 e. The van der Waals surface area contributed by atoms with Gasteiger partial charge in [0.15, 0.2) is 0 Å². The molecule has 1 atom stereocenters. The fourth-order valence-electron chi connectivity index (χ4n) is 1.58. The van der Waals surface area contributed by atoms with Crippen LogP contribution in [0, 0.1) is 0 Å². The first-order valence-electron chi connectivity index (χ1n) is 4.94. The summed E-state index contributed by atoms with van der Waals surface area (Å²) in [5.41, 5.74) is 0.598. The van der Waals surface area contributed by atoms with E-state index in [1.165, 1.54) is 0 Å². The molecule has 1 heterocycles. The first kappa shape index (κ1) is 13.4. The molecule has 90 valence electrons. The average molecular weight is 352 g/mol. The molecule has 0 aliphatic heterocycles. The number of benzene rings is 1. The van der Waals surface area contributed by atoms with E-state index in [1.807, 2.05) is 12.1 Å². The SMILES string of the molecule is OC(Cc1ccc(Br)s1)c1c(Cl)cccc1Cl. The maximum Gasteiger partial charge on any atom is 0.0867 e. The van der Waals surface area contributed by atoms with Gasteiger partial charge in [-0.2, -0.15) is 0 Å². The maximum atomic E-state index is 10.2. The van der Waals surface area contributed by atoms with E-state index >= 15 is 0 Å². The summed E-state index contributed by atoms with van der Waals surface area (Å²) in [7, 11) is 0. The summed E-state index contributed by atoms with van der Waals surface area (Å²) in [5, 5.41) is 11.2. The van der Waals surface area contributed by atoms with Gasteiger partial charge in [-0.25, -0.2) is 0 Å². The molecule has 0 fully saturated rings. The first-order chi connectivity index (χ1) is 8.08. The summed E-state index contributed by atoms with van der Waals surface area (Å²) in [5.74, 6) is 0. The minimum absolute atomic E-state index is 0.501. The molecule has 17 heavy (non-hydrogen) atoms. The lowest BCUT2D eigenvalue weighted by Gasteiger charge is -2.13. The summed E-state index contributed by atoms with van der Waals surface area (Å²) >= 11 is 17.1. The zero-order chi connectivity index (χ0) is 12.4. The predicted molar refractivity (Wildman–Crippen MR) is 77.1 cm³/mol. The van der Waals surface area contributed by atoms with Crippen LogP contribution < -0.4 is 0 Å². The minimum Gasteiger partial charge on any atom is -0.388 e. The van der Waals surface area contributed by atoms with Crippen LogP contribution in [0.15, 0.2) is 34.1 Å². The Labute approximate surface area is 122 Å². The van der Waals surface area contributed by atoms with E-state index < -0.39 is 6.10 Å². The number of aliphatic hydroxyl groups is 1. The number of hydrogen-bond donors (Lipinski definition) is 1. The van der Waals surface area contributed by atoms with Crippen LogP contribution in [0.25, 0.3) is 0 Å². The van der Waals surface area contributed by atoms with Crippen molar-refractivity contribution >= 4 is 50.5 Å². The lowest BCUT2D eigenvalue weighted by molar-refractivity contribution is 0.179. The van der Waals surface area contributed by atoms with Gasteiger partial charge in [-0.05, 0) is 40.2 Å². The Morgan fingerprint density at radius 2 is 1.82 bits per heavy atom. The zero-order valence-electron chi connectivity index (χ0n) is 8.66. The number of rotatable bonds is 3. The van der Waals surface area contributed by atoms with Crippen molar-refractivity contribution in [3.05, 3.63) is 54.6 Å². The topological polar surface area (TPSA) is 20.2 Å². The van der Waals surface area contributed by atoms with E-state index in [1.54, 1.807) is 29.5 Å². The van der Waals surface area contributed by atoms with Crippen LogP contribution in [-0.4, -0.2) is 5.11 Å². The Kier molecular flexibility index (Phi) is 4.50. The summed E-state index contributed by atoms with van der Waals surface area (Å²) in [6.07, 6.45) is -0.165. The van der Waals surface area contributed by atoms with Crippen molar-refractivity contribution in [2.24, 2.45) is 0 Å². The van der Waals surface area contributed by atoms with Gasteiger partial charge in [-0.15, -0.1) is 11.3 Å². The van der Waals surface area contributed by atoms with Crippen molar-refractivity contribution in [2.45, 2.75) is 12.5 Å². The second-order valence-corrected chi connectivity index (χ2v) is 6.92. The highest BCUT2D eigenvalue weighted by Gasteiger charge is 2.16. The van der Waals surface area contributed by atoms with Gasteiger partial charge in [0, 0.05) is 26.9 Å². The molecule has 0 saturated carbocycles. The highest BCUT2D eigenvalue weighted by Crippen LogP contribution is 2.33. The van der Waals surface area contributed by atoms with Crippen molar-refractivity contribution in [1.82, 2.24) is 0 Å². The fourth-order valence-corrected chi connectivity index (χ4v) is 3.75. The van der Waals surface area contributed by atoms with Gasteiger partial charge in [0.25, 0.3) is 0 Å². The molecule has 1 N–H and O–H groups in total. The molecule has 2 rings (SSSR count). The Morgan fingerprint density at radius 3 is 2.35 bits per heavy atom. The molecule has 0 saturated heterocycles. The van der Waals surface area contributed by atoms with Gasteiger partial charge in [0.05, 0.1) is 9.89 Å². The lowest BCUT2D eigenvalue weighted by atomic mass is 10.1. The molecular weight excluding hydrogens is 343 g/mol. The molecule has 0 bridgehead atoms. The number of thiophene rings is 1. The molecule has 0 aliphatic carbocycles. The molecule has 2 aromatic rings. The molecule has 1 nitrogen and oxygen atoms in total. The number of halogens is 3. The summed E-state index contributed by atoms with van der Waals surface area (Å²) in [6.45, 7) is 0. The van der Waals surface area contributed by atoms with Crippen molar-refractivity contribution in [1.29, 1.82) is 0 Å². The van der Waals surface area contributed by atoms with Crippen LogP contribution in [0.2, 0.25) is 10.0 Å². The lowest BCUT2D eigenvalue weighted by Crippen LogP contribution is -2.02. The zero-order valence-corrected chi connectivity index (χ0v) is 12.6. The third-order valence-corrected chi connectivity index (χ3v) is 4.66.